The molecule has 2 saturated heterocycles. The van der Waals surface area contributed by atoms with Crippen LogP contribution in [0.15, 0.2) is 0 Å². The molecule has 2 atom stereocenters. The number of fused-ring (bicyclic) bond motifs is 1. The Morgan fingerprint density at radius 1 is 1.05 bits per heavy atom. The van der Waals surface area contributed by atoms with Crippen molar-refractivity contribution in [2.24, 2.45) is 11.8 Å². The lowest BCUT2D eigenvalue weighted by Crippen LogP contribution is -2.36. The van der Waals surface area contributed by atoms with E-state index in [1.54, 1.807) is 0 Å². The molecular weight excluding hydrogens is 280 g/mol. The van der Waals surface area contributed by atoms with Gasteiger partial charge in [-0.3, -0.25) is 0 Å². The molecule has 2 aliphatic heterocycles. The third kappa shape index (κ3) is 5.58. The molecule has 21 heavy (non-hydrogen) atoms. The Hall–Kier alpha value is -1.83. The van der Waals surface area contributed by atoms with Gasteiger partial charge in [0.2, 0.25) is 0 Å². The van der Waals surface area contributed by atoms with E-state index in [9.17, 15) is 4.79 Å². The third-order valence-corrected chi connectivity index (χ3v) is 3.22. The van der Waals surface area contributed by atoms with Crippen LogP contribution in [0.4, 0.5) is 4.79 Å². The molecule has 1 amide bonds. The van der Waals surface area contributed by atoms with Gasteiger partial charge in [0.25, 0.3) is 0 Å². The zero-order chi connectivity index (χ0) is 16.2. The van der Waals surface area contributed by atoms with Crippen molar-refractivity contribution in [3.8, 4) is 0 Å². The van der Waals surface area contributed by atoms with Gasteiger partial charge < -0.3 is 25.2 Å². The molecule has 0 aliphatic carbocycles. The molecule has 120 valence electrons. The molecule has 8 nitrogen and oxygen atoms in total. The van der Waals surface area contributed by atoms with Crippen LogP contribution in [0.2, 0.25) is 0 Å². The molecule has 2 heterocycles. The number of carboxylic acids is 2. The maximum Gasteiger partial charge on any atom is 0.414 e. The number of amides is 1. The topological polar surface area (TPSA) is 116 Å². The minimum Gasteiger partial charge on any atom is -0.473 e. The molecule has 0 spiro atoms. The summed E-state index contributed by atoms with van der Waals surface area (Å²) >= 11 is 0. The summed E-state index contributed by atoms with van der Waals surface area (Å²) in [4.78, 5) is 31.8. The highest BCUT2D eigenvalue weighted by Gasteiger charge is 2.39. The fourth-order valence-electron chi connectivity index (χ4n) is 2.33. The molecule has 3 N–H and O–H groups in total. The fraction of sp³-hybridized carbons (Fsp3) is 0.769. The number of rotatable bonds is 0. The number of hydrogen-bond donors (Lipinski definition) is 3. The first-order chi connectivity index (χ1) is 9.60. The van der Waals surface area contributed by atoms with Gasteiger partial charge in [-0.05, 0) is 32.6 Å². The lowest BCUT2D eigenvalue weighted by molar-refractivity contribution is -0.159. The molecule has 0 aromatic rings. The molecule has 0 unspecified atom stereocenters. The summed E-state index contributed by atoms with van der Waals surface area (Å²) in [5.74, 6) is -2.37. The molecule has 2 fully saturated rings. The molecule has 0 saturated carbocycles. The van der Waals surface area contributed by atoms with Crippen LogP contribution in [0, 0.1) is 11.8 Å². The Kier molecular flexibility index (Phi) is 5.54. The first-order valence-corrected chi connectivity index (χ1v) is 6.75. The van der Waals surface area contributed by atoms with E-state index in [-0.39, 0.29) is 11.7 Å². The Morgan fingerprint density at radius 3 is 1.81 bits per heavy atom. The van der Waals surface area contributed by atoms with Crippen LogP contribution < -0.4 is 5.32 Å². The number of nitrogens with one attached hydrogen (secondary N) is 1. The first-order valence-electron chi connectivity index (χ1n) is 6.75. The van der Waals surface area contributed by atoms with Crippen molar-refractivity contribution in [1.82, 2.24) is 10.2 Å². The van der Waals surface area contributed by atoms with Crippen LogP contribution in [0.25, 0.3) is 0 Å². The van der Waals surface area contributed by atoms with E-state index in [1.165, 1.54) is 0 Å². The van der Waals surface area contributed by atoms with Gasteiger partial charge in [0.15, 0.2) is 0 Å². The van der Waals surface area contributed by atoms with Crippen molar-refractivity contribution in [3.63, 3.8) is 0 Å². The van der Waals surface area contributed by atoms with Gasteiger partial charge in [0.1, 0.15) is 5.60 Å². The standard InChI is InChI=1S/C11H20N2O2.C2H2O4/c1-11(2,3)15-10(14)13-6-8-4-12-5-9(8)7-13;3-1(4)2(5)6/h8-9,12H,4-7H2,1-3H3;(H,3,4)(H,5,6)/t8-,9-;/m1./s1. The summed E-state index contributed by atoms with van der Waals surface area (Å²) in [5, 5.41) is 18.1. The van der Waals surface area contributed by atoms with E-state index >= 15 is 0 Å². The van der Waals surface area contributed by atoms with Gasteiger partial charge in [0, 0.05) is 26.2 Å². The summed E-state index contributed by atoms with van der Waals surface area (Å²) in [5.41, 5.74) is -0.382. The van der Waals surface area contributed by atoms with Crippen LogP contribution in [-0.2, 0) is 14.3 Å². The second kappa shape index (κ2) is 6.75. The van der Waals surface area contributed by atoms with E-state index in [1.807, 2.05) is 25.7 Å². The summed E-state index contributed by atoms with van der Waals surface area (Å²) < 4.78 is 5.35. The Bertz CT molecular complexity index is 393. The average Bonchev–Trinajstić information content (AvgIpc) is 2.86. The third-order valence-electron chi connectivity index (χ3n) is 3.22. The van der Waals surface area contributed by atoms with Crippen LogP contribution >= 0.6 is 0 Å². The minimum atomic E-state index is -1.82. The number of carbonyl (C=O) groups is 3. The summed E-state index contributed by atoms with van der Waals surface area (Å²) in [6.07, 6.45) is -0.156. The van der Waals surface area contributed by atoms with Gasteiger partial charge >= 0.3 is 18.0 Å². The van der Waals surface area contributed by atoms with Gasteiger partial charge in [-0.25, -0.2) is 14.4 Å². The van der Waals surface area contributed by atoms with E-state index < -0.39 is 11.9 Å². The molecule has 0 bridgehead atoms. The van der Waals surface area contributed by atoms with Crippen LogP contribution in [0.1, 0.15) is 20.8 Å². The monoisotopic (exact) mass is 302 g/mol. The average molecular weight is 302 g/mol. The van der Waals surface area contributed by atoms with Crippen LogP contribution in [0.3, 0.4) is 0 Å². The quantitative estimate of drug-likeness (QED) is 0.548. The highest BCUT2D eigenvalue weighted by Crippen LogP contribution is 2.27. The number of hydrogen-bond acceptors (Lipinski definition) is 5. The van der Waals surface area contributed by atoms with Crippen LogP contribution in [-0.4, -0.2) is 64.9 Å². The maximum atomic E-state index is 11.8. The van der Waals surface area contributed by atoms with E-state index in [0.717, 1.165) is 26.2 Å². The van der Waals surface area contributed by atoms with Crippen molar-refractivity contribution < 1.29 is 29.3 Å². The maximum absolute atomic E-state index is 11.8. The SMILES string of the molecule is CC(C)(C)OC(=O)N1C[C@H]2CNC[C@@H]2C1.O=C(O)C(=O)O. The zero-order valence-corrected chi connectivity index (χ0v) is 12.5. The summed E-state index contributed by atoms with van der Waals surface area (Å²) in [6.45, 7) is 9.52. The van der Waals surface area contributed by atoms with Crippen molar-refractivity contribution in [2.45, 2.75) is 26.4 Å². The molecule has 0 aromatic carbocycles. The first kappa shape index (κ1) is 17.2. The predicted octanol–water partition coefficient (Wildman–Crippen LogP) is 0.228. The molecule has 2 rings (SSSR count). The van der Waals surface area contributed by atoms with E-state index in [4.69, 9.17) is 24.5 Å². The molecule has 0 radical (unpaired) electrons. The van der Waals surface area contributed by atoms with Gasteiger partial charge in [-0.15, -0.1) is 0 Å². The molecule has 8 heteroatoms. The highest BCUT2D eigenvalue weighted by atomic mass is 16.6. The second-order valence-corrected chi connectivity index (χ2v) is 6.17. The summed E-state index contributed by atoms with van der Waals surface area (Å²) in [6, 6.07) is 0. The van der Waals surface area contributed by atoms with Crippen molar-refractivity contribution in [2.75, 3.05) is 26.2 Å². The lowest BCUT2D eigenvalue weighted by atomic mass is 10.0. The zero-order valence-electron chi connectivity index (χ0n) is 12.5. The van der Waals surface area contributed by atoms with Gasteiger partial charge in [-0.1, -0.05) is 0 Å². The second-order valence-electron chi connectivity index (χ2n) is 6.17. The lowest BCUT2D eigenvalue weighted by Gasteiger charge is -2.24. The fourth-order valence-corrected chi connectivity index (χ4v) is 2.33. The molecular formula is C13H22N2O6. The Labute approximate surface area is 123 Å². The Balaban J connectivity index is 0.000000315. The van der Waals surface area contributed by atoms with Crippen molar-refractivity contribution in [1.29, 1.82) is 0 Å². The smallest absolute Gasteiger partial charge is 0.414 e. The number of aliphatic carboxylic acids is 2. The number of likely N-dealkylation sites (tertiary alicyclic amines) is 1. The van der Waals surface area contributed by atoms with Crippen molar-refractivity contribution >= 4 is 18.0 Å². The van der Waals surface area contributed by atoms with E-state index in [0.29, 0.717) is 11.8 Å². The number of carboxylic acid groups (broad SMARTS) is 2. The molecule has 2 aliphatic rings. The van der Waals surface area contributed by atoms with Crippen LogP contribution in [0.5, 0.6) is 0 Å². The minimum absolute atomic E-state index is 0.156. The highest BCUT2D eigenvalue weighted by molar-refractivity contribution is 6.27. The molecule has 0 aromatic heterocycles. The normalized spacial score (nSPS) is 23.9. The van der Waals surface area contributed by atoms with Gasteiger partial charge in [0.05, 0.1) is 0 Å². The largest absolute Gasteiger partial charge is 0.473 e. The van der Waals surface area contributed by atoms with Crippen molar-refractivity contribution in [3.05, 3.63) is 0 Å². The Morgan fingerprint density at radius 2 is 1.48 bits per heavy atom. The van der Waals surface area contributed by atoms with E-state index in [2.05, 4.69) is 5.32 Å². The summed E-state index contributed by atoms with van der Waals surface area (Å²) in [7, 11) is 0. The van der Waals surface area contributed by atoms with Gasteiger partial charge in [-0.2, -0.15) is 0 Å². The number of carbonyl (C=O) groups excluding carboxylic acids is 1. The number of nitrogens with zero attached hydrogens (tertiary/aromatic N) is 1. The predicted molar refractivity (Wildman–Crippen MR) is 72.9 cm³/mol. The number of ether oxygens (including phenoxy) is 1.